The Bertz CT molecular complexity index is 1030. The Morgan fingerprint density at radius 1 is 1.16 bits per heavy atom. The van der Waals surface area contributed by atoms with E-state index in [4.69, 9.17) is 8.83 Å². The van der Waals surface area contributed by atoms with Gasteiger partial charge in [0.1, 0.15) is 28.6 Å². The molecule has 1 N–H and O–H groups in total. The van der Waals surface area contributed by atoms with E-state index in [1.807, 2.05) is 24.3 Å². The quantitative estimate of drug-likeness (QED) is 0.512. The Kier molecular flexibility index (Phi) is 4.72. The van der Waals surface area contributed by atoms with Gasteiger partial charge in [-0.2, -0.15) is 0 Å². The minimum atomic E-state index is -0.875. The lowest BCUT2D eigenvalue weighted by Gasteiger charge is -2.00. The number of rotatable bonds is 4. The van der Waals surface area contributed by atoms with E-state index in [0.717, 1.165) is 16.1 Å². The minimum Gasteiger partial charge on any atom is -0.507 e. The fourth-order valence-electron chi connectivity index (χ4n) is 2.31. The molecule has 0 radical (unpaired) electrons. The number of halogens is 1. The molecule has 5 nitrogen and oxygen atoms in total. The van der Waals surface area contributed by atoms with Crippen LogP contribution in [0.25, 0.3) is 17.4 Å². The Hall–Kier alpha value is -2.86. The van der Waals surface area contributed by atoms with Gasteiger partial charge in [-0.15, -0.1) is 0 Å². The first-order valence-electron chi connectivity index (χ1n) is 7.36. The van der Waals surface area contributed by atoms with Crippen molar-refractivity contribution < 1.29 is 18.7 Å². The number of hydrogen-bond donors (Lipinski definition) is 1. The Morgan fingerprint density at radius 2 is 1.92 bits per heavy atom. The molecule has 0 bridgehead atoms. The fraction of sp³-hybridized carbons (Fsp3) is 0.0526. The van der Waals surface area contributed by atoms with Crippen molar-refractivity contribution in [2.75, 3.05) is 0 Å². The molecule has 2 aromatic heterocycles. The molecule has 2 heterocycles. The smallest absolute Gasteiger partial charge is 0.351 e. The third-order valence-corrected chi connectivity index (χ3v) is 4.16. The lowest BCUT2D eigenvalue weighted by atomic mass is 10.1. The maximum Gasteiger partial charge on any atom is 0.351 e. The van der Waals surface area contributed by atoms with Gasteiger partial charge in [-0.1, -0.05) is 34.1 Å². The van der Waals surface area contributed by atoms with Crippen molar-refractivity contribution >= 4 is 27.8 Å². The number of carbonyl (C=O) groups is 1. The molecule has 1 aromatic carbocycles. The molecule has 0 aliphatic carbocycles. The van der Waals surface area contributed by atoms with E-state index in [9.17, 15) is 14.7 Å². The van der Waals surface area contributed by atoms with Gasteiger partial charge in [-0.05, 0) is 37.3 Å². The molecule has 0 saturated carbocycles. The standard InChI is InChI=1S/C19H13BrO5/c1-11-10-16(22)18(19(23)24-11)15(21)8-6-12-7-9-17(25-12)13-4-2-3-5-14(13)20/h2-10,22H,1H3/b8-6+. The summed E-state index contributed by atoms with van der Waals surface area (Å²) in [6.45, 7) is 1.51. The summed E-state index contributed by atoms with van der Waals surface area (Å²) < 4.78 is 11.4. The molecule has 126 valence electrons. The highest BCUT2D eigenvalue weighted by Gasteiger charge is 2.16. The molecule has 0 atom stereocenters. The summed E-state index contributed by atoms with van der Waals surface area (Å²) in [5.74, 6) is 0.237. The van der Waals surface area contributed by atoms with Crippen molar-refractivity contribution in [2.24, 2.45) is 0 Å². The molecule has 0 aliphatic rings. The van der Waals surface area contributed by atoms with E-state index in [-0.39, 0.29) is 5.76 Å². The Labute approximate surface area is 151 Å². The van der Waals surface area contributed by atoms with Gasteiger partial charge >= 0.3 is 5.63 Å². The van der Waals surface area contributed by atoms with Crippen LogP contribution in [0.15, 0.2) is 66.6 Å². The summed E-state index contributed by atoms with van der Waals surface area (Å²) in [4.78, 5) is 23.9. The van der Waals surface area contributed by atoms with Gasteiger partial charge in [0.05, 0.1) is 0 Å². The first kappa shape index (κ1) is 17.0. The molecule has 0 spiro atoms. The molecule has 6 heteroatoms. The van der Waals surface area contributed by atoms with Crippen LogP contribution in [-0.4, -0.2) is 10.9 Å². The van der Waals surface area contributed by atoms with Crippen LogP contribution in [0.5, 0.6) is 5.75 Å². The molecule has 25 heavy (non-hydrogen) atoms. The molecule has 0 saturated heterocycles. The average Bonchev–Trinajstić information content (AvgIpc) is 3.01. The van der Waals surface area contributed by atoms with Crippen molar-refractivity contribution in [3.05, 3.63) is 80.5 Å². The second-order valence-corrected chi connectivity index (χ2v) is 6.14. The molecular weight excluding hydrogens is 388 g/mol. The zero-order valence-corrected chi connectivity index (χ0v) is 14.7. The summed E-state index contributed by atoms with van der Waals surface area (Å²) in [5.41, 5.74) is -0.398. The largest absolute Gasteiger partial charge is 0.507 e. The van der Waals surface area contributed by atoms with E-state index in [2.05, 4.69) is 15.9 Å². The number of hydrogen-bond acceptors (Lipinski definition) is 5. The van der Waals surface area contributed by atoms with Crippen molar-refractivity contribution in [1.82, 2.24) is 0 Å². The summed E-state index contributed by atoms with van der Waals surface area (Å²) in [6, 6.07) is 12.3. The lowest BCUT2D eigenvalue weighted by molar-refractivity contribution is 0.104. The van der Waals surface area contributed by atoms with Crippen molar-refractivity contribution in [3.63, 3.8) is 0 Å². The zero-order chi connectivity index (χ0) is 18.0. The third-order valence-electron chi connectivity index (χ3n) is 3.47. The first-order valence-corrected chi connectivity index (χ1v) is 8.16. The minimum absolute atomic E-state index is 0.229. The van der Waals surface area contributed by atoms with Gasteiger partial charge in [0.25, 0.3) is 0 Å². The summed E-state index contributed by atoms with van der Waals surface area (Å²) in [7, 11) is 0. The Balaban J connectivity index is 1.85. The summed E-state index contributed by atoms with van der Waals surface area (Å²) >= 11 is 3.45. The average molecular weight is 401 g/mol. The van der Waals surface area contributed by atoms with Crippen LogP contribution >= 0.6 is 15.9 Å². The van der Waals surface area contributed by atoms with E-state index >= 15 is 0 Å². The first-order chi connectivity index (χ1) is 12.0. The molecule has 3 rings (SSSR count). The summed E-state index contributed by atoms with van der Waals surface area (Å²) in [5, 5.41) is 9.78. The number of allylic oxidation sites excluding steroid dienone is 1. The number of aromatic hydroxyl groups is 1. The van der Waals surface area contributed by atoms with Crippen LogP contribution < -0.4 is 5.63 Å². The van der Waals surface area contributed by atoms with Crippen molar-refractivity contribution in [1.29, 1.82) is 0 Å². The van der Waals surface area contributed by atoms with E-state index in [1.165, 1.54) is 19.1 Å². The second kappa shape index (κ2) is 6.94. The highest BCUT2D eigenvalue weighted by molar-refractivity contribution is 9.10. The number of benzene rings is 1. The van der Waals surface area contributed by atoms with Gasteiger partial charge in [0, 0.05) is 16.1 Å². The molecule has 3 aromatic rings. The van der Waals surface area contributed by atoms with Crippen molar-refractivity contribution in [3.8, 4) is 17.1 Å². The van der Waals surface area contributed by atoms with Crippen LogP contribution in [0.2, 0.25) is 0 Å². The van der Waals surface area contributed by atoms with Gasteiger partial charge in [-0.3, -0.25) is 4.79 Å². The third kappa shape index (κ3) is 3.64. The maximum atomic E-state index is 12.1. The highest BCUT2D eigenvalue weighted by atomic mass is 79.9. The van der Waals surface area contributed by atoms with Crippen LogP contribution in [-0.2, 0) is 0 Å². The maximum absolute atomic E-state index is 12.1. The van der Waals surface area contributed by atoms with Crippen LogP contribution in [0.3, 0.4) is 0 Å². The molecule has 0 fully saturated rings. The fourth-order valence-corrected chi connectivity index (χ4v) is 2.79. The predicted molar refractivity (Wildman–Crippen MR) is 96.6 cm³/mol. The SMILES string of the molecule is Cc1cc(O)c(C(=O)/C=C/c2ccc(-c3ccccc3Br)o2)c(=O)o1. The topological polar surface area (TPSA) is 80.6 Å². The van der Waals surface area contributed by atoms with E-state index in [0.29, 0.717) is 11.5 Å². The zero-order valence-electron chi connectivity index (χ0n) is 13.2. The molecule has 0 aliphatic heterocycles. The number of carbonyl (C=O) groups excluding carboxylic acids is 1. The van der Waals surface area contributed by atoms with Gasteiger partial charge < -0.3 is 13.9 Å². The van der Waals surface area contributed by atoms with Crippen molar-refractivity contribution in [2.45, 2.75) is 6.92 Å². The van der Waals surface area contributed by atoms with Gasteiger partial charge in [0.15, 0.2) is 5.78 Å². The molecule has 0 amide bonds. The number of furan rings is 1. The van der Waals surface area contributed by atoms with E-state index < -0.39 is 22.7 Å². The van der Waals surface area contributed by atoms with Crippen LogP contribution in [0.4, 0.5) is 0 Å². The highest BCUT2D eigenvalue weighted by Crippen LogP contribution is 2.29. The van der Waals surface area contributed by atoms with Gasteiger partial charge in [-0.25, -0.2) is 4.79 Å². The normalized spacial score (nSPS) is 11.1. The Morgan fingerprint density at radius 3 is 2.64 bits per heavy atom. The monoisotopic (exact) mass is 400 g/mol. The number of aryl methyl sites for hydroxylation is 1. The van der Waals surface area contributed by atoms with Crippen LogP contribution in [0, 0.1) is 6.92 Å². The van der Waals surface area contributed by atoms with Crippen LogP contribution in [0.1, 0.15) is 21.9 Å². The second-order valence-electron chi connectivity index (χ2n) is 5.28. The summed E-state index contributed by atoms with van der Waals surface area (Å²) in [6.07, 6.45) is 2.59. The lowest BCUT2D eigenvalue weighted by Crippen LogP contribution is -2.12. The predicted octanol–water partition coefficient (Wildman–Crippen LogP) is 4.57. The molecule has 0 unspecified atom stereocenters. The number of ketones is 1. The van der Waals surface area contributed by atoms with Gasteiger partial charge in [0.2, 0.25) is 0 Å². The molecular formula is C19H13BrO5. The van der Waals surface area contributed by atoms with E-state index in [1.54, 1.807) is 12.1 Å².